The molecule has 0 fully saturated rings. The summed E-state index contributed by atoms with van der Waals surface area (Å²) in [4.78, 5) is 5.40. The first kappa shape index (κ1) is 57.4. The van der Waals surface area contributed by atoms with E-state index >= 15 is 0 Å². The zero-order valence-corrected chi connectivity index (χ0v) is 56.1. The highest BCUT2D eigenvalue weighted by molar-refractivity contribution is 7.00. The van der Waals surface area contributed by atoms with E-state index in [9.17, 15) is 0 Å². The minimum absolute atomic E-state index is 0.272. The summed E-state index contributed by atoms with van der Waals surface area (Å²) in [7, 11) is 0. The highest BCUT2D eigenvalue weighted by Gasteiger charge is 2.46. The van der Waals surface area contributed by atoms with Gasteiger partial charge in [0.05, 0.1) is 39.1 Å². The number of hydrogen-bond donors (Lipinski definition) is 0. The van der Waals surface area contributed by atoms with Crippen LogP contribution >= 0.6 is 0 Å². The van der Waals surface area contributed by atoms with E-state index in [4.69, 9.17) is 0 Å². The molecular weight excluding hydrogens is 1240 g/mol. The molecule has 0 saturated carbocycles. The summed E-state index contributed by atoms with van der Waals surface area (Å²) in [5.74, 6) is 0. The maximum absolute atomic E-state index is 2.71. The van der Waals surface area contributed by atoms with Crippen LogP contribution in [0.4, 0.5) is 34.1 Å². The summed E-state index contributed by atoms with van der Waals surface area (Å²) in [6.07, 6.45) is 0. The van der Waals surface area contributed by atoms with Gasteiger partial charge >= 0.3 is 0 Å². The molecule has 476 valence electrons. The molecule has 2 aromatic heterocycles. The number of benzene rings is 18. The van der Waals surface area contributed by atoms with Crippen molar-refractivity contribution in [2.45, 2.75) is 0 Å². The molecule has 0 atom stereocenters. The van der Waals surface area contributed by atoms with Gasteiger partial charge in [-0.15, -0.1) is 0 Å². The first-order chi connectivity index (χ1) is 51.2. The van der Waals surface area contributed by atoms with Crippen LogP contribution in [0.1, 0.15) is 0 Å². The number of anilines is 6. The molecule has 0 N–H and O–H groups in total. The summed E-state index contributed by atoms with van der Waals surface area (Å²) in [6, 6.07) is 139. The quantitative estimate of drug-likeness (QED) is 0.0814. The van der Waals surface area contributed by atoms with Gasteiger partial charge in [-0.05, 0) is 147 Å². The van der Waals surface area contributed by atoms with Crippen molar-refractivity contribution in [2.75, 3.05) is 9.80 Å². The first-order valence-electron chi connectivity index (χ1n) is 35.8. The molecule has 18 aromatic carbocycles. The molecule has 0 unspecified atom stereocenters. The van der Waals surface area contributed by atoms with Crippen LogP contribution in [-0.2, 0) is 0 Å². The molecule has 22 rings (SSSR count). The van der Waals surface area contributed by atoms with Gasteiger partial charge in [-0.25, -0.2) is 0 Å². The van der Waals surface area contributed by atoms with E-state index in [1.165, 1.54) is 86.6 Å². The fourth-order valence-corrected chi connectivity index (χ4v) is 18.2. The van der Waals surface area contributed by atoms with Gasteiger partial charge in [0.2, 0.25) is 0 Å². The third kappa shape index (κ3) is 8.48. The molecule has 2 aliphatic rings. The lowest BCUT2D eigenvalue weighted by Gasteiger charge is -2.46. The van der Waals surface area contributed by atoms with Crippen LogP contribution in [0.3, 0.4) is 0 Å². The first-order valence-corrected chi connectivity index (χ1v) is 35.8. The van der Waals surface area contributed by atoms with Gasteiger partial charge in [0.25, 0.3) is 6.71 Å². The molecule has 5 heteroatoms. The van der Waals surface area contributed by atoms with E-state index in [1.807, 2.05) is 0 Å². The van der Waals surface area contributed by atoms with Gasteiger partial charge in [0, 0.05) is 72.2 Å². The SMILES string of the molecule is c1ccc(-c2cccc(-c3ccccc3)c2N2c3cc(-c4ccc5cccc6c7cccc8cccc(c4c56)c87)ccc3B3c4ccc(-n5c6ccccc6c6ccccc65)cc4N(c4c(-c5ccccc5)cccc4-c4ccccc4)c4cc(-n5c6ccccc6c6ccccc65)cc2c43)cc1. The minimum atomic E-state index is -0.272. The normalized spacial score (nSPS) is 12.6. The van der Waals surface area contributed by atoms with Gasteiger partial charge < -0.3 is 18.9 Å². The number of rotatable bonds is 9. The Labute approximate surface area is 596 Å². The zero-order chi connectivity index (χ0) is 67.4. The standard InChI is InChI=1S/C98H61BN4/c1-5-26-62(27-6-1)72-41-24-42-73(63-28-7-2-8-29-63)97(72)102-89-58-68(71-55-52-67-36-22-46-81-80-45-21-34-66-35-23-47-82(93(66)80)95(71)94(67)81)53-56-83(89)99-84-57-54-69(100-85-48-17-13-37-76(85)77-38-14-18-49-86(77)100)59-90(84)103(98-74(64-30-9-3-10-31-64)43-25-44-75(98)65-32-11-4-12-33-65)92-61-70(60-91(102)96(92)99)101-87-50-19-15-39-78(87)79-40-16-20-51-88(79)101/h1-61H. The fourth-order valence-electron chi connectivity index (χ4n) is 18.2. The Kier molecular flexibility index (Phi) is 12.6. The Bertz CT molecular complexity index is 6650. The second kappa shape index (κ2) is 22.5. The average molecular weight is 1310 g/mol. The van der Waals surface area contributed by atoms with Gasteiger partial charge in [0.15, 0.2) is 0 Å². The minimum Gasteiger partial charge on any atom is -0.310 e. The van der Waals surface area contributed by atoms with Crippen molar-refractivity contribution < 1.29 is 0 Å². The Morgan fingerprint density at radius 1 is 0.204 bits per heavy atom. The van der Waals surface area contributed by atoms with E-state index in [0.29, 0.717) is 0 Å². The van der Waals surface area contributed by atoms with E-state index in [-0.39, 0.29) is 6.71 Å². The van der Waals surface area contributed by atoms with Crippen LogP contribution in [0.2, 0.25) is 0 Å². The maximum Gasteiger partial charge on any atom is 0.252 e. The van der Waals surface area contributed by atoms with Crippen molar-refractivity contribution in [3.05, 3.63) is 370 Å². The number of hydrogen-bond acceptors (Lipinski definition) is 2. The molecule has 2 aliphatic heterocycles. The lowest BCUT2D eigenvalue weighted by molar-refractivity contribution is 1.15. The van der Waals surface area contributed by atoms with Crippen LogP contribution in [0.5, 0.6) is 0 Å². The number of aromatic nitrogens is 2. The molecule has 0 amide bonds. The third-order valence-corrected chi connectivity index (χ3v) is 22.4. The molecule has 0 radical (unpaired) electrons. The zero-order valence-electron chi connectivity index (χ0n) is 56.1. The monoisotopic (exact) mass is 1300 g/mol. The summed E-state index contributed by atoms with van der Waals surface area (Å²) >= 11 is 0. The molecule has 20 aromatic rings. The predicted molar refractivity (Wildman–Crippen MR) is 438 cm³/mol. The summed E-state index contributed by atoms with van der Waals surface area (Å²) in [5.41, 5.74) is 28.4. The van der Waals surface area contributed by atoms with Crippen molar-refractivity contribution in [1.82, 2.24) is 9.13 Å². The van der Waals surface area contributed by atoms with Gasteiger partial charge in [-0.3, -0.25) is 0 Å². The van der Waals surface area contributed by atoms with Crippen molar-refractivity contribution in [1.29, 1.82) is 0 Å². The number of fused-ring (bicyclic) bond motifs is 12. The van der Waals surface area contributed by atoms with Gasteiger partial charge in [-0.1, -0.05) is 315 Å². The smallest absolute Gasteiger partial charge is 0.252 e. The maximum atomic E-state index is 2.71. The Hall–Kier alpha value is -13.5. The van der Waals surface area contributed by atoms with Crippen LogP contribution in [-0.4, -0.2) is 15.8 Å². The Morgan fingerprint density at radius 2 is 0.563 bits per heavy atom. The van der Waals surface area contributed by atoms with Crippen molar-refractivity contribution in [3.63, 3.8) is 0 Å². The molecule has 0 saturated heterocycles. The molecule has 103 heavy (non-hydrogen) atoms. The third-order valence-electron chi connectivity index (χ3n) is 22.4. The van der Waals surface area contributed by atoms with Crippen LogP contribution in [0.25, 0.3) is 154 Å². The van der Waals surface area contributed by atoms with Crippen LogP contribution in [0, 0.1) is 0 Å². The summed E-state index contributed by atoms with van der Waals surface area (Å²) in [5, 5.41) is 15.0. The second-order valence-corrected chi connectivity index (χ2v) is 27.7. The predicted octanol–water partition coefficient (Wildman–Crippen LogP) is 24.3. The van der Waals surface area contributed by atoms with Gasteiger partial charge in [0.1, 0.15) is 0 Å². The van der Waals surface area contributed by atoms with Crippen molar-refractivity contribution in [3.8, 4) is 67.0 Å². The van der Waals surface area contributed by atoms with Crippen LogP contribution < -0.4 is 26.2 Å². The summed E-state index contributed by atoms with van der Waals surface area (Å²) in [6.45, 7) is -0.272. The van der Waals surface area contributed by atoms with Crippen molar-refractivity contribution >= 4 is 144 Å². The highest BCUT2D eigenvalue weighted by atomic mass is 15.2. The highest BCUT2D eigenvalue weighted by Crippen LogP contribution is 2.55. The topological polar surface area (TPSA) is 16.3 Å². The summed E-state index contributed by atoms with van der Waals surface area (Å²) < 4.78 is 5.04. The number of nitrogens with zero attached hydrogens (tertiary/aromatic N) is 4. The van der Waals surface area contributed by atoms with E-state index in [0.717, 1.165) is 118 Å². The van der Waals surface area contributed by atoms with E-state index < -0.39 is 0 Å². The lowest BCUT2D eigenvalue weighted by Crippen LogP contribution is -2.61. The number of para-hydroxylation sites is 6. The Morgan fingerprint density at radius 3 is 1.03 bits per heavy atom. The molecule has 4 nitrogen and oxygen atoms in total. The molecule has 0 aliphatic carbocycles. The molecular formula is C98H61BN4. The largest absolute Gasteiger partial charge is 0.310 e. The molecule has 0 spiro atoms. The van der Waals surface area contributed by atoms with Crippen molar-refractivity contribution in [2.24, 2.45) is 0 Å². The lowest BCUT2D eigenvalue weighted by atomic mass is 9.33. The van der Waals surface area contributed by atoms with Crippen LogP contribution in [0.15, 0.2) is 370 Å². The average Bonchev–Trinajstić information content (AvgIpc) is 0.970. The van der Waals surface area contributed by atoms with Gasteiger partial charge in [-0.2, -0.15) is 0 Å². The molecule has 4 heterocycles. The Balaban J connectivity index is 0.934. The fraction of sp³-hybridized carbons (Fsp3) is 0. The van der Waals surface area contributed by atoms with E-state index in [2.05, 4.69) is 389 Å². The molecule has 0 bridgehead atoms. The van der Waals surface area contributed by atoms with E-state index in [1.54, 1.807) is 0 Å². The second-order valence-electron chi connectivity index (χ2n) is 27.7.